The average molecular weight is 720 g/mol. The van der Waals surface area contributed by atoms with Gasteiger partial charge in [0.05, 0.1) is 25.4 Å². The molecule has 0 radical (unpaired) electrons. The van der Waals surface area contributed by atoms with Gasteiger partial charge in [-0.05, 0) is 12.8 Å². The van der Waals surface area contributed by atoms with Crippen LogP contribution < -0.4 is 5.32 Å². The Hall–Kier alpha value is -0.890. The van der Waals surface area contributed by atoms with Gasteiger partial charge in [0.2, 0.25) is 5.91 Å². The summed E-state index contributed by atoms with van der Waals surface area (Å²) in [5.41, 5.74) is 0. The third-order valence-corrected chi connectivity index (χ3v) is 10.2. The molecule has 0 aromatic heterocycles. The zero-order chi connectivity index (χ0) is 37.0. The number of aliphatic hydroxyl groups is 7. The second kappa shape index (κ2) is 30.6. The number of hydrogen-bond acceptors (Lipinski definition) is 10. The van der Waals surface area contributed by atoms with Crippen molar-refractivity contribution in [1.29, 1.82) is 0 Å². The van der Waals surface area contributed by atoms with Gasteiger partial charge in [0.25, 0.3) is 0 Å². The quantitative estimate of drug-likeness (QED) is 0.0421. The molecule has 0 saturated carbocycles. The minimum absolute atomic E-state index is 0.265. The number of aliphatic hydroxyl groups excluding tert-OH is 7. The van der Waals surface area contributed by atoms with Crippen LogP contribution in [-0.2, 0) is 14.3 Å². The molecule has 1 rings (SSSR count). The predicted molar refractivity (Wildman–Crippen MR) is 196 cm³/mol. The van der Waals surface area contributed by atoms with E-state index in [1.165, 1.54) is 89.9 Å². The summed E-state index contributed by atoms with van der Waals surface area (Å²) in [4.78, 5) is 12.9. The minimum atomic E-state index is -1.65. The number of amides is 1. The number of unbranched alkanes of at least 4 members (excludes halogenated alkanes) is 21. The Morgan fingerprint density at radius 2 is 1.04 bits per heavy atom. The number of rotatable bonds is 33. The van der Waals surface area contributed by atoms with Crippen LogP contribution in [0.15, 0.2) is 0 Å². The van der Waals surface area contributed by atoms with Gasteiger partial charge in [0.1, 0.15) is 36.6 Å². The Bertz CT molecular complexity index is 790. The summed E-state index contributed by atoms with van der Waals surface area (Å²) in [7, 11) is 0. The molecule has 9 atom stereocenters. The third kappa shape index (κ3) is 21.0. The maximum atomic E-state index is 12.9. The van der Waals surface area contributed by atoms with Crippen molar-refractivity contribution < 1.29 is 50.0 Å². The van der Waals surface area contributed by atoms with Crippen molar-refractivity contribution in [2.75, 3.05) is 13.2 Å². The van der Waals surface area contributed by atoms with Crippen molar-refractivity contribution in [2.24, 2.45) is 0 Å². The summed E-state index contributed by atoms with van der Waals surface area (Å²) in [6.45, 7) is 3.32. The molecule has 11 heteroatoms. The fourth-order valence-electron chi connectivity index (χ4n) is 6.67. The van der Waals surface area contributed by atoms with Crippen molar-refractivity contribution in [3.05, 3.63) is 0 Å². The van der Waals surface area contributed by atoms with Crippen LogP contribution in [0.1, 0.15) is 174 Å². The van der Waals surface area contributed by atoms with Crippen molar-refractivity contribution in [3.63, 3.8) is 0 Å². The average Bonchev–Trinajstić information content (AvgIpc) is 3.11. The number of carbonyl (C=O) groups excluding carboxylic acids is 1. The van der Waals surface area contributed by atoms with E-state index in [9.17, 15) is 40.5 Å². The molecular formula is C39H77NO10. The Kier molecular flexibility index (Phi) is 28.8. The van der Waals surface area contributed by atoms with Crippen molar-refractivity contribution in [3.8, 4) is 0 Å². The highest BCUT2D eigenvalue weighted by Crippen LogP contribution is 2.23. The van der Waals surface area contributed by atoms with Crippen LogP contribution in [0, 0.1) is 0 Å². The van der Waals surface area contributed by atoms with Gasteiger partial charge in [-0.1, -0.05) is 162 Å². The van der Waals surface area contributed by atoms with Crippen LogP contribution in [0.2, 0.25) is 0 Å². The monoisotopic (exact) mass is 720 g/mol. The lowest BCUT2D eigenvalue weighted by atomic mass is 9.98. The molecule has 8 N–H and O–H groups in total. The van der Waals surface area contributed by atoms with Crippen LogP contribution in [-0.4, -0.2) is 110 Å². The van der Waals surface area contributed by atoms with Crippen LogP contribution in [0.4, 0.5) is 0 Å². The van der Waals surface area contributed by atoms with E-state index in [4.69, 9.17) is 9.47 Å². The van der Waals surface area contributed by atoms with Crippen molar-refractivity contribution >= 4 is 5.91 Å². The zero-order valence-corrected chi connectivity index (χ0v) is 31.6. The first-order valence-corrected chi connectivity index (χ1v) is 20.4. The lowest BCUT2D eigenvalue weighted by Gasteiger charge is -2.40. The highest BCUT2D eigenvalue weighted by Gasteiger charge is 2.44. The van der Waals surface area contributed by atoms with Crippen molar-refractivity contribution in [2.45, 2.75) is 229 Å². The number of nitrogens with one attached hydrogen (secondary N) is 1. The molecule has 1 aliphatic heterocycles. The van der Waals surface area contributed by atoms with Gasteiger partial charge in [-0.2, -0.15) is 0 Å². The van der Waals surface area contributed by atoms with Crippen molar-refractivity contribution in [1.82, 2.24) is 5.32 Å². The van der Waals surface area contributed by atoms with E-state index < -0.39 is 74.2 Å². The molecule has 1 heterocycles. The second-order valence-corrected chi connectivity index (χ2v) is 14.7. The normalized spacial score (nSPS) is 23.4. The van der Waals surface area contributed by atoms with E-state index in [1.54, 1.807) is 0 Å². The second-order valence-electron chi connectivity index (χ2n) is 14.7. The number of carbonyl (C=O) groups is 1. The first kappa shape index (κ1) is 47.1. The standard InChI is InChI=1S/C39H77NO10/c1-3-5-7-9-10-11-12-13-14-15-16-17-18-19-20-21-23-25-27-32(43)38(48)40-30(34(44)31(42)26-24-22-8-6-4-2)29-49-39-37(47)36(46)35(45)33(28-41)50-39/h30-37,39,41-47H,3-29H2,1-2H3,(H,40,48). The maximum Gasteiger partial charge on any atom is 0.249 e. The molecule has 0 aromatic rings. The molecular weight excluding hydrogens is 642 g/mol. The molecule has 0 aromatic carbocycles. The van der Waals surface area contributed by atoms with Gasteiger partial charge in [0.15, 0.2) is 6.29 Å². The molecule has 0 spiro atoms. The first-order chi connectivity index (χ1) is 24.2. The zero-order valence-electron chi connectivity index (χ0n) is 31.6. The van der Waals surface area contributed by atoms with Crippen LogP contribution in [0.25, 0.3) is 0 Å². The molecule has 1 fully saturated rings. The van der Waals surface area contributed by atoms with E-state index in [1.807, 2.05) is 0 Å². The minimum Gasteiger partial charge on any atom is -0.394 e. The fourth-order valence-corrected chi connectivity index (χ4v) is 6.67. The van der Waals surface area contributed by atoms with Crippen LogP contribution in [0.5, 0.6) is 0 Å². The van der Waals surface area contributed by atoms with Gasteiger partial charge in [-0.25, -0.2) is 0 Å². The molecule has 1 saturated heterocycles. The molecule has 11 nitrogen and oxygen atoms in total. The first-order valence-electron chi connectivity index (χ1n) is 20.4. The lowest BCUT2D eigenvalue weighted by Crippen LogP contribution is -2.60. The Labute approximate surface area is 303 Å². The Morgan fingerprint density at radius 1 is 0.620 bits per heavy atom. The SMILES string of the molecule is CCCCCCCCCCCCCCCCCCCCC(O)C(=O)NC(COC1OC(CO)C(O)C(O)C1O)C(O)C(O)CCCCCCC. The lowest BCUT2D eigenvalue weighted by molar-refractivity contribution is -0.303. The summed E-state index contributed by atoms with van der Waals surface area (Å²) in [6.07, 6.45) is 16.5. The van der Waals surface area contributed by atoms with Gasteiger partial charge in [0, 0.05) is 0 Å². The smallest absolute Gasteiger partial charge is 0.249 e. The predicted octanol–water partition coefficient (Wildman–Crippen LogP) is 5.16. The van der Waals surface area contributed by atoms with E-state index in [-0.39, 0.29) is 6.42 Å². The number of hydrogen-bond donors (Lipinski definition) is 8. The summed E-state index contributed by atoms with van der Waals surface area (Å²) in [5, 5.41) is 74.8. The molecule has 0 bridgehead atoms. The topological polar surface area (TPSA) is 189 Å². The summed E-state index contributed by atoms with van der Waals surface area (Å²) in [5.74, 6) is -0.700. The van der Waals surface area contributed by atoms with E-state index >= 15 is 0 Å². The Morgan fingerprint density at radius 3 is 1.48 bits per heavy atom. The van der Waals surface area contributed by atoms with E-state index in [2.05, 4.69) is 19.2 Å². The van der Waals surface area contributed by atoms with Gasteiger partial charge in [-0.15, -0.1) is 0 Å². The van der Waals surface area contributed by atoms with Gasteiger partial charge in [-0.3, -0.25) is 4.79 Å². The molecule has 9 unspecified atom stereocenters. The fraction of sp³-hybridized carbons (Fsp3) is 0.974. The largest absolute Gasteiger partial charge is 0.394 e. The summed E-state index contributed by atoms with van der Waals surface area (Å²) in [6, 6.07) is -1.16. The molecule has 0 aliphatic carbocycles. The highest BCUT2D eigenvalue weighted by molar-refractivity contribution is 5.80. The van der Waals surface area contributed by atoms with E-state index in [0.29, 0.717) is 19.3 Å². The number of ether oxygens (including phenoxy) is 2. The third-order valence-electron chi connectivity index (χ3n) is 10.2. The highest BCUT2D eigenvalue weighted by atomic mass is 16.7. The molecule has 50 heavy (non-hydrogen) atoms. The summed E-state index contributed by atoms with van der Waals surface area (Å²) >= 11 is 0. The van der Waals surface area contributed by atoms with Crippen LogP contribution in [0.3, 0.4) is 0 Å². The molecule has 1 aliphatic rings. The summed E-state index contributed by atoms with van der Waals surface area (Å²) < 4.78 is 11.0. The van der Waals surface area contributed by atoms with Gasteiger partial charge >= 0.3 is 0 Å². The van der Waals surface area contributed by atoms with Crippen LogP contribution >= 0.6 is 0 Å². The molecule has 298 valence electrons. The molecule has 1 amide bonds. The Balaban J connectivity index is 2.37. The van der Waals surface area contributed by atoms with Gasteiger partial charge < -0.3 is 50.5 Å². The maximum absolute atomic E-state index is 12.9. The van der Waals surface area contributed by atoms with E-state index in [0.717, 1.165) is 44.9 Å².